The van der Waals surface area contributed by atoms with Crippen molar-refractivity contribution in [2.75, 3.05) is 18.8 Å². The highest BCUT2D eigenvalue weighted by Gasteiger charge is 2.45. The number of nitrogens with two attached hydrogens (primary N) is 1. The first-order chi connectivity index (χ1) is 9.41. The Morgan fingerprint density at radius 1 is 1.50 bits per heavy atom. The molecule has 1 amide bonds. The zero-order chi connectivity index (χ0) is 14.9. The fraction of sp³-hybridized carbons (Fsp3) is 0.429. The molecule has 20 heavy (non-hydrogen) atoms. The first-order valence-electron chi connectivity index (χ1n) is 6.48. The lowest BCUT2D eigenvalue weighted by Gasteiger charge is -2.23. The highest BCUT2D eigenvalue weighted by molar-refractivity contribution is 5.99. The molecule has 6 heteroatoms. The zero-order valence-electron chi connectivity index (χ0n) is 11.2. The molecule has 3 N–H and O–H groups in total. The number of benzene rings is 1. The summed E-state index contributed by atoms with van der Waals surface area (Å²) in [7, 11) is 0. The highest BCUT2D eigenvalue weighted by atomic mass is 19.1. The number of hydrogen-bond donors (Lipinski definition) is 2. The molecule has 2 rings (SSSR count). The second-order valence-corrected chi connectivity index (χ2v) is 5.12. The van der Waals surface area contributed by atoms with Crippen molar-refractivity contribution in [1.29, 1.82) is 0 Å². The van der Waals surface area contributed by atoms with Crippen molar-refractivity contribution in [2.24, 2.45) is 5.41 Å². The molecule has 1 fully saturated rings. The van der Waals surface area contributed by atoms with Crippen LogP contribution in [0.25, 0.3) is 0 Å². The van der Waals surface area contributed by atoms with Gasteiger partial charge in [0.2, 0.25) is 0 Å². The number of carbonyl (C=O) groups excluding carboxylic acids is 1. The summed E-state index contributed by atoms with van der Waals surface area (Å²) < 4.78 is 13.4. The van der Waals surface area contributed by atoms with Crippen LogP contribution in [0.3, 0.4) is 0 Å². The Morgan fingerprint density at radius 3 is 2.75 bits per heavy atom. The van der Waals surface area contributed by atoms with E-state index in [0.717, 1.165) is 0 Å². The van der Waals surface area contributed by atoms with E-state index in [0.29, 0.717) is 19.4 Å². The van der Waals surface area contributed by atoms with Crippen LogP contribution in [-0.4, -0.2) is 35.0 Å². The molecule has 5 nitrogen and oxygen atoms in total. The number of aliphatic carboxylic acids is 1. The molecular formula is C14H17FN2O3. The van der Waals surface area contributed by atoms with Gasteiger partial charge in [0.05, 0.1) is 16.7 Å². The second kappa shape index (κ2) is 5.11. The van der Waals surface area contributed by atoms with Crippen molar-refractivity contribution in [3.63, 3.8) is 0 Å². The molecule has 1 aliphatic heterocycles. The number of carboxylic acid groups (broad SMARTS) is 1. The molecule has 0 spiro atoms. The second-order valence-electron chi connectivity index (χ2n) is 5.12. The minimum atomic E-state index is -0.905. The van der Waals surface area contributed by atoms with Crippen LogP contribution in [0.2, 0.25) is 0 Å². The van der Waals surface area contributed by atoms with Gasteiger partial charge in [-0.3, -0.25) is 9.59 Å². The molecule has 0 aliphatic carbocycles. The van der Waals surface area contributed by atoms with Crippen molar-refractivity contribution in [2.45, 2.75) is 19.8 Å². The largest absolute Gasteiger partial charge is 0.481 e. The van der Waals surface area contributed by atoms with Crippen molar-refractivity contribution < 1.29 is 19.1 Å². The molecule has 108 valence electrons. The minimum absolute atomic E-state index is 0.0855. The Hall–Kier alpha value is -2.11. The van der Waals surface area contributed by atoms with Crippen molar-refractivity contribution in [3.8, 4) is 0 Å². The molecule has 0 saturated carbocycles. The van der Waals surface area contributed by atoms with Crippen LogP contribution in [-0.2, 0) is 4.79 Å². The van der Waals surface area contributed by atoms with E-state index in [1.807, 2.05) is 0 Å². The Labute approximate surface area is 116 Å². The lowest BCUT2D eigenvalue weighted by molar-refractivity contribution is -0.148. The van der Waals surface area contributed by atoms with Crippen molar-refractivity contribution >= 4 is 17.6 Å². The van der Waals surface area contributed by atoms with Gasteiger partial charge in [0, 0.05) is 13.1 Å². The lowest BCUT2D eigenvalue weighted by Crippen LogP contribution is -2.36. The van der Waals surface area contributed by atoms with E-state index >= 15 is 0 Å². The summed E-state index contributed by atoms with van der Waals surface area (Å²) >= 11 is 0. The monoisotopic (exact) mass is 280 g/mol. The number of carbonyl (C=O) groups is 2. The highest BCUT2D eigenvalue weighted by Crippen LogP contribution is 2.35. The van der Waals surface area contributed by atoms with Crippen LogP contribution in [0.4, 0.5) is 10.1 Å². The molecule has 0 bridgehead atoms. The summed E-state index contributed by atoms with van der Waals surface area (Å²) in [4.78, 5) is 25.1. The Kier molecular flexibility index (Phi) is 3.65. The molecule has 1 unspecified atom stereocenters. The summed E-state index contributed by atoms with van der Waals surface area (Å²) in [6.07, 6.45) is 0.852. The van der Waals surface area contributed by atoms with Gasteiger partial charge in [-0.2, -0.15) is 0 Å². The third kappa shape index (κ3) is 2.21. The number of hydrogen-bond acceptors (Lipinski definition) is 3. The number of nitrogens with zero attached hydrogens (tertiary/aromatic N) is 1. The van der Waals surface area contributed by atoms with Gasteiger partial charge in [0.15, 0.2) is 0 Å². The van der Waals surface area contributed by atoms with Crippen molar-refractivity contribution in [3.05, 3.63) is 29.6 Å². The minimum Gasteiger partial charge on any atom is -0.481 e. The standard InChI is InChI=1S/C14H17FN2O3/c1-2-14(13(19)20)6-7-17(8-14)12(18)9-4-3-5-10(15)11(9)16/h3-5H,2,6-8,16H2,1H3,(H,19,20). The maximum atomic E-state index is 13.4. The molecule has 1 saturated heterocycles. The fourth-order valence-electron chi connectivity index (χ4n) is 2.55. The molecule has 1 heterocycles. The average Bonchev–Trinajstić information content (AvgIpc) is 2.87. The van der Waals surface area contributed by atoms with E-state index < -0.39 is 23.1 Å². The number of carboxylic acids is 1. The van der Waals surface area contributed by atoms with Crippen LogP contribution in [0.5, 0.6) is 0 Å². The van der Waals surface area contributed by atoms with Gasteiger partial charge in [0.1, 0.15) is 5.82 Å². The third-order valence-electron chi connectivity index (χ3n) is 4.05. The van der Waals surface area contributed by atoms with E-state index in [1.54, 1.807) is 6.92 Å². The Morgan fingerprint density at radius 2 is 2.20 bits per heavy atom. The van der Waals surface area contributed by atoms with Gasteiger partial charge in [0.25, 0.3) is 5.91 Å². The lowest BCUT2D eigenvalue weighted by atomic mass is 9.84. The van der Waals surface area contributed by atoms with Gasteiger partial charge < -0.3 is 15.7 Å². The smallest absolute Gasteiger partial charge is 0.311 e. The number of para-hydroxylation sites is 1. The summed E-state index contributed by atoms with van der Waals surface area (Å²) in [5, 5.41) is 9.31. The van der Waals surface area contributed by atoms with Crippen LogP contribution in [0.15, 0.2) is 18.2 Å². The molecule has 1 aromatic rings. The maximum Gasteiger partial charge on any atom is 0.311 e. The topological polar surface area (TPSA) is 83.6 Å². The fourth-order valence-corrected chi connectivity index (χ4v) is 2.55. The Balaban J connectivity index is 2.24. The number of amides is 1. The van der Waals surface area contributed by atoms with E-state index in [9.17, 15) is 19.1 Å². The number of rotatable bonds is 3. The average molecular weight is 280 g/mol. The Bertz CT molecular complexity index is 561. The number of likely N-dealkylation sites (tertiary alicyclic amines) is 1. The quantitative estimate of drug-likeness (QED) is 0.826. The molecule has 1 atom stereocenters. The van der Waals surface area contributed by atoms with Crippen LogP contribution in [0, 0.1) is 11.2 Å². The maximum absolute atomic E-state index is 13.4. The van der Waals surface area contributed by atoms with Crippen LogP contribution in [0.1, 0.15) is 30.1 Å². The van der Waals surface area contributed by atoms with Gasteiger partial charge in [-0.25, -0.2) is 4.39 Å². The first kappa shape index (κ1) is 14.3. The van der Waals surface area contributed by atoms with Gasteiger partial charge in [-0.05, 0) is 25.0 Å². The van der Waals surface area contributed by atoms with E-state index in [2.05, 4.69) is 0 Å². The molecule has 0 aromatic heterocycles. The molecule has 1 aromatic carbocycles. The van der Waals surface area contributed by atoms with Crippen LogP contribution < -0.4 is 5.73 Å². The number of anilines is 1. The van der Waals surface area contributed by atoms with Gasteiger partial charge in [-0.1, -0.05) is 13.0 Å². The normalized spacial score (nSPS) is 22.0. The van der Waals surface area contributed by atoms with E-state index in [-0.39, 0.29) is 17.8 Å². The summed E-state index contributed by atoms with van der Waals surface area (Å²) in [6, 6.07) is 4.05. The molecule has 0 radical (unpaired) electrons. The zero-order valence-corrected chi connectivity index (χ0v) is 11.2. The summed E-state index contributed by atoms with van der Waals surface area (Å²) in [6.45, 7) is 2.27. The van der Waals surface area contributed by atoms with Crippen LogP contribution >= 0.6 is 0 Å². The predicted molar refractivity (Wildman–Crippen MR) is 71.7 cm³/mol. The summed E-state index contributed by atoms with van der Waals surface area (Å²) in [5.41, 5.74) is 4.56. The predicted octanol–water partition coefficient (Wildman–Crippen LogP) is 1.73. The van der Waals surface area contributed by atoms with Gasteiger partial charge >= 0.3 is 5.97 Å². The van der Waals surface area contributed by atoms with Crippen molar-refractivity contribution in [1.82, 2.24) is 4.90 Å². The molecular weight excluding hydrogens is 263 g/mol. The van der Waals surface area contributed by atoms with E-state index in [1.165, 1.54) is 23.1 Å². The number of nitrogen functional groups attached to an aromatic ring is 1. The number of halogens is 1. The molecule has 1 aliphatic rings. The third-order valence-corrected chi connectivity index (χ3v) is 4.05. The van der Waals surface area contributed by atoms with E-state index in [4.69, 9.17) is 5.73 Å². The first-order valence-corrected chi connectivity index (χ1v) is 6.48. The summed E-state index contributed by atoms with van der Waals surface area (Å²) in [5.74, 6) is -1.96. The SMILES string of the molecule is CCC1(C(=O)O)CCN(C(=O)c2cccc(F)c2N)C1. The van der Waals surface area contributed by atoms with Gasteiger partial charge in [-0.15, -0.1) is 0 Å².